The Labute approximate surface area is 143 Å². The Bertz CT molecular complexity index is 639. The molecule has 0 fully saturated rings. The molecule has 2 aromatic rings. The molecule has 1 aromatic carbocycles. The number of carboxylic acids is 2. The molecule has 8 heteroatoms. The number of nitrogens with zero attached hydrogens (tertiary/aromatic N) is 1. The highest BCUT2D eigenvalue weighted by Crippen LogP contribution is 2.27. The molecule has 8 nitrogen and oxygen atoms in total. The molecule has 1 unspecified atom stereocenters. The van der Waals surface area contributed by atoms with E-state index in [4.69, 9.17) is 30.3 Å². The van der Waals surface area contributed by atoms with E-state index < -0.39 is 18.0 Å². The molecule has 0 bridgehead atoms. The highest BCUT2D eigenvalue weighted by molar-refractivity contribution is 6.27. The summed E-state index contributed by atoms with van der Waals surface area (Å²) in [6.07, 6.45) is 3.48. The Morgan fingerprint density at radius 2 is 1.48 bits per heavy atom. The van der Waals surface area contributed by atoms with Gasteiger partial charge in [0.2, 0.25) is 0 Å². The van der Waals surface area contributed by atoms with E-state index in [0.29, 0.717) is 13.0 Å². The SMILES string of the molecule is NC(=O)OCCC(c1ccccc1)c1ccncc1.O=C(O)C(=O)O. The molecular weight excluding hydrogens is 328 g/mol. The number of hydrogen-bond donors (Lipinski definition) is 3. The number of rotatable bonds is 5. The maximum Gasteiger partial charge on any atom is 0.414 e. The van der Waals surface area contributed by atoms with Crippen LogP contribution in [0.15, 0.2) is 54.9 Å². The van der Waals surface area contributed by atoms with Crippen LogP contribution in [0.3, 0.4) is 0 Å². The molecule has 1 atom stereocenters. The van der Waals surface area contributed by atoms with Crippen LogP contribution >= 0.6 is 0 Å². The quantitative estimate of drug-likeness (QED) is 0.702. The van der Waals surface area contributed by atoms with Crippen molar-refractivity contribution in [3.8, 4) is 0 Å². The number of carboxylic acid groups (broad SMARTS) is 2. The van der Waals surface area contributed by atoms with E-state index in [0.717, 1.165) is 5.56 Å². The first-order chi connectivity index (χ1) is 11.9. The third kappa shape index (κ3) is 7.60. The fraction of sp³-hybridized carbons (Fsp3) is 0.176. The van der Waals surface area contributed by atoms with Gasteiger partial charge in [-0.3, -0.25) is 4.98 Å². The van der Waals surface area contributed by atoms with Crippen LogP contribution < -0.4 is 5.73 Å². The van der Waals surface area contributed by atoms with Crippen LogP contribution in [0.2, 0.25) is 0 Å². The fourth-order valence-electron chi connectivity index (χ4n) is 2.08. The van der Waals surface area contributed by atoms with Gasteiger partial charge in [0.25, 0.3) is 0 Å². The molecule has 0 aliphatic heterocycles. The lowest BCUT2D eigenvalue weighted by atomic mass is 9.89. The topological polar surface area (TPSA) is 140 Å². The number of carbonyl (C=O) groups excluding carboxylic acids is 1. The van der Waals surface area contributed by atoms with E-state index >= 15 is 0 Å². The number of aliphatic carboxylic acids is 2. The van der Waals surface area contributed by atoms with Crippen LogP contribution in [0.1, 0.15) is 23.5 Å². The lowest BCUT2D eigenvalue weighted by Gasteiger charge is -2.17. The van der Waals surface area contributed by atoms with E-state index in [9.17, 15) is 4.79 Å². The maximum atomic E-state index is 10.6. The summed E-state index contributed by atoms with van der Waals surface area (Å²) >= 11 is 0. The van der Waals surface area contributed by atoms with Gasteiger partial charge in [-0.2, -0.15) is 0 Å². The van der Waals surface area contributed by atoms with Crippen LogP contribution in [-0.2, 0) is 14.3 Å². The van der Waals surface area contributed by atoms with Gasteiger partial charge >= 0.3 is 18.0 Å². The number of hydrogen-bond acceptors (Lipinski definition) is 5. The van der Waals surface area contributed by atoms with Crippen molar-refractivity contribution in [1.29, 1.82) is 0 Å². The summed E-state index contributed by atoms with van der Waals surface area (Å²) in [6, 6.07) is 14.1. The zero-order valence-corrected chi connectivity index (χ0v) is 13.2. The second-order valence-corrected chi connectivity index (χ2v) is 4.81. The van der Waals surface area contributed by atoms with Gasteiger partial charge in [0.1, 0.15) is 0 Å². The molecule has 0 saturated heterocycles. The standard InChI is InChI=1S/C15H16N2O2.C2H2O4/c16-15(18)19-11-8-14(12-4-2-1-3-5-12)13-6-9-17-10-7-13;3-1(4)2(5)6/h1-7,9-10,14H,8,11H2,(H2,16,18);(H,3,4)(H,5,6). The van der Waals surface area contributed by atoms with E-state index in [2.05, 4.69) is 17.1 Å². The number of primary amides is 1. The van der Waals surface area contributed by atoms with Gasteiger partial charge in [-0.1, -0.05) is 30.3 Å². The molecule has 0 radical (unpaired) electrons. The smallest absolute Gasteiger partial charge is 0.414 e. The monoisotopic (exact) mass is 346 g/mol. The van der Waals surface area contributed by atoms with Gasteiger partial charge in [0.05, 0.1) is 6.61 Å². The Hall–Kier alpha value is -3.42. The summed E-state index contributed by atoms with van der Waals surface area (Å²) in [5, 5.41) is 14.8. The molecule has 0 aliphatic rings. The first-order valence-electron chi connectivity index (χ1n) is 7.25. The Kier molecular flexibility index (Phi) is 8.14. The summed E-state index contributed by atoms with van der Waals surface area (Å²) in [5.74, 6) is -3.48. The summed E-state index contributed by atoms with van der Waals surface area (Å²) in [5.41, 5.74) is 7.31. The van der Waals surface area contributed by atoms with E-state index in [1.165, 1.54) is 5.56 Å². The average molecular weight is 346 g/mol. The molecule has 1 amide bonds. The number of amides is 1. The second kappa shape index (κ2) is 10.4. The van der Waals surface area contributed by atoms with Gasteiger partial charge in [-0.15, -0.1) is 0 Å². The Morgan fingerprint density at radius 3 is 1.96 bits per heavy atom. The maximum absolute atomic E-state index is 10.6. The molecule has 1 aromatic heterocycles. The Morgan fingerprint density at radius 1 is 0.960 bits per heavy atom. The third-order valence-corrected chi connectivity index (χ3v) is 3.14. The summed E-state index contributed by atoms with van der Waals surface area (Å²) < 4.78 is 4.84. The first kappa shape index (κ1) is 19.6. The van der Waals surface area contributed by atoms with Gasteiger partial charge in [-0.25, -0.2) is 14.4 Å². The first-order valence-corrected chi connectivity index (χ1v) is 7.25. The largest absolute Gasteiger partial charge is 0.473 e. The molecule has 25 heavy (non-hydrogen) atoms. The third-order valence-electron chi connectivity index (χ3n) is 3.14. The zero-order valence-electron chi connectivity index (χ0n) is 13.2. The summed E-state index contributed by atoms with van der Waals surface area (Å²) in [6.45, 7) is 0.303. The number of benzene rings is 1. The zero-order chi connectivity index (χ0) is 18.7. The van der Waals surface area contributed by atoms with Crippen LogP contribution in [0.4, 0.5) is 4.79 Å². The van der Waals surface area contributed by atoms with Gasteiger partial charge in [-0.05, 0) is 29.7 Å². The van der Waals surface area contributed by atoms with E-state index in [-0.39, 0.29) is 5.92 Å². The Balaban J connectivity index is 0.000000450. The van der Waals surface area contributed by atoms with Crippen molar-refractivity contribution in [1.82, 2.24) is 4.98 Å². The number of aromatic nitrogens is 1. The van der Waals surface area contributed by atoms with Crippen molar-refractivity contribution >= 4 is 18.0 Å². The van der Waals surface area contributed by atoms with Crippen molar-refractivity contribution in [3.05, 3.63) is 66.0 Å². The highest BCUT2D eigenvalue weighted by atomic mass is 16.5. The fourth-order valence-corrected chi connectivity index (χ4v) is 2.08. The number of nitrogens with two attached hydrogens (primary N) is 1. The molecule has 1 heterocycles. The second-order valence-electron chi connectivity index (χ2n) is 4.81. The summed E-state index contributed by atoms with van der Waals surface area (Å²) in [7, 11) is 0. The van der Waals surface area contributed by atoms with Gasteiger partial charge in [0.15, 0.2) is 0 Å². The van der Waals surface area contributed by atoms with Gasteiger partial charge < -0.3 is 20.7 Å². The van der Waals surface area contributed by atoms with Crippen molar-refractivity contribution in [2.24, 2.45) is 5.73 Å². The molecule has 132 valence electrons. The number of pyridine rings is 1. The van der Waals surface area contributed by atoms with Gasteiger partial charge in [0, 0.05) is 18.3 Å². The van der Waals surface area contributed by atoms with Crippen molar-refractivity contribution < 1.29 is 29.3 Å². The predicted molar refractivity (Wildman–Crippen MR) is 87.9 cm³/mol. The highest BCUT2D eigenvalue weighted by Gasteiger charge is 2.14. The van der Waals surface area contributed by atoms with Crippen molar-refractivity contribution in [2.45, 2.75) is 12.3 Å². The molecule has 4 N–H and O–H groups in total. The molecular formula is C17H18N2O6. The molecule has 0 aliphatic carbocycles. The molecule has 0 spiro atoms. The van der Waals surface area contributed by atoms with Crippen LogP contribution in [0.5, 0.6) is 0 Å². The minimum atomic E-state index is -1.82. The lowest BCUT2D eigenvalue weighted by Crippen LogP contribution is -2.15. The minimum absolute atomic E-state index is 0.170. The number of ether oxygens (including phenoxy) is 1. The molecule has 2 rings (SSSR count). The number of carbonyl (C=O) groups is 3. The van der Waals surface area contributed by atoms with E-state index in [1.54, 1.807) is 12.4 Å². The van der Waals surface area contributed by atoms with Crippen LogP contribution in [0, 0.1) is 0 Å². The van der Waals surface area contributed by atoms with E-state index in [1.807, 2.05) is 30.3 Å². The predicted octanol–water partition coefficient (Wildman–Crippen LogP) is 1.85. The van der Waals surface area contributed by atoms with Crippen molar-refractivity contribution in [2.75, 3.05) is 6.61 Å². The van der Waals surface area contributed by atoms with Crippen molar-refractivity contribution in [3.63, 3.8) is 0 Å². The molecule has 0 saturated carbocycles. The lowest BCUT2D eigenvalue weighted by molar-refractivity contribution is -0.159. The summed E-state index contributed by atoms with van der Waals surface area (Å²) in [4.78, 5) is 32.9. The normalized spacial score (nSPS) is 10.7. The minimum Gasteiger partial charge on any atom is -0.473 e. The van der Waals surface area contributed by atoms with Crippen LogP contribution in [-0.4, -0.2) is 39.8 Å². The van der Waals surface area contributed by atoms with Crippen LogP contribution in [0.25, 0.3) is 0 Å². The average Bonchev–Trinajstić information content (AvgIpc) is 2.60.